The molecule has 1 aromatic heterocycles. The van der Waals surface area contributed by atoms with Crippen LogP contribution in [0.15, 0.2) is 6.07 Å². The van der Waals surface area contributed by atoms with Gasteiger partial charge >= 0.3 is 5.97 Å². The molecule has 1 saturated carbocycles. The fourth-order valence-electron chi connectivity index (χ4n) is 2.24. The van der Waals surface area contributed by atoms with Crippen LogP contribution in [0.25, 0.3) is 0 Å². The van der Waals surface area contributed by atoms with Crippen molar-refractivity contribution in [2.24, 2.45) is 5.92 Å². The van der Waals surface area contributed by atoms with Crippen LogP contribution in [0.1, 0.15) is 34.1 Å². The molecule has 12 heavy (non-hydrogen) atoms. The molecule has 2 aliphatic rings. The summed E-state index contributed by atoms with van der Waals surface area (Å²) in [5.41, 5.74) is 2.77. The Kier molecular flexibility index (Phi) is 0.908. The molecule has 0 aromatic carbocycles. The summed E-state index contributed by atoms with van der Waals surface area (Å²) in [6.07, 6.45) is 2.34. The third-order valence-corrected chi connectivity index (χ3v) is 2.94. The van der Waals surface area contributed by atoms with Gasteiger partial charge in [-0.1, -0.05) is 0 Å². The highest BCUT2D eigenvalue weighted by atomic mass is 16.4. The number of carboxylic acids is 1. The molecule has 0 aliphatic heterocycles. The van der Waals surface area contributed by atoms with Crippen molar-refractivity contribution in [2.75, 3.05) is 0 Å². The topological polar surface area (TPSA) is 53.1 Å². The van der Waals surface area contributed by atoms with E-state index in [9.17, 15) is 4.79 Å². The fraction of sp³-hybridized carbons (Fsp3) is 0.444. The van der Waals surface area contributed by atoms with Crippen LogP contribution in [0.4, 0.5) is 0 Å². The normalized spacial score (nSPS) is 29.7. The molecule has 0 saturated heterocycles. The highest BCUT2D eigenvalue weighted by Gasteiger charge is 2.46. The maximum Gasteiger partial charge on any atom is 0.352 e. The summed E-state index contributed by atoms with van der Waals surface area (Å²) in [5.74, 6) is 0.642. The Morgan fingerprint density at radius 3 is 3.17 bits per heavy atom. The van der Waals surface area contributed by atoms with Gasteiger partial charge in [-0.25, -0.2) is 4.79 Å². The molecule has 3 rings (SSSR count). The zero-order valence-electron chi connectivity index (χ0n) is 6.50. The molecule has 0 amide bonds. The van der Waals surface area contributed by atoms with E-state index in [0.29, 0.717) is 11.6 Å². The van der Waals surface area contributed by atoms with Gasteiger partial charge in [0.15, 0.2) is 0 Å². The fourth-order valence-corrected chi connectivity index (χ4v) is 2.24. The van der Waals surface area contributed by atoms with Crippen LogP contribution in [-0.4, -0.2) is 16.1 Å². The second-order valence-electron chi connectivity index (χ2n) is 3.73. The molecule has 0 spiro atoms. The zero-order chi connectivity index (χ0) is 8.29. The zero-order valence-corrected chi connectivity index (χ0v) is 6.50. The number of aromatic nitrogens is 1. The van der Waals surface area contributed by atoms with Gasteiger partial charge in [-0.05, 0) is 30.4 Å². The van der Waals surface area contributed by atoms with Crippen molar-refractivity contribution in [1.29, 1.82) is 0 Å². The number of aromatic carboxylic acids is 1. The standard InChI is InChI=1S/C9H9NO2/c11-9(12)7-3-5-1-4-2-6(4)8(5)10-7/h3-4,6,10H,1-2H2,(H,11,12)/t4?,6-/m1/s1. The lowest BCUT2D eigenvalue weighted by molar-refractivity contribution is 0.0691. The number of aromatic amines is 1. The van der Waals surface area contributed by atoms with Gasteiger partial charge in [0.25, 0.3) is 0 Å². The summed E-state index contributed by atoms with van der Waals surface area (Å²) in [6, 6.07) is 1.78. The van der Waals surface area contributed by atoms with Crippen molar-refractivity contribution in [3.63, 3.8) is 0 Å². The van der Waals surface area contributed by atoms with E-state index in [2.05, 4.69) is 4.98 Å². The van der Waals surface area contributed by atoms with E-state index in [1.54, 1.807) is 6.07 Å². The maximum atomic E-state index is 10.6. The van der Waals surface area contributed by atoms with E-state index < -0.39 is 5.97 Å². The summed E-state index contributed by atoms with van der Waals surface area (Å²) in [6.45, 7) is 0. The molecular formula is C9H9NO2. The first-order chi connectivity index (χ1) is 5.75. The van der Waals surface area contributed by atoms with Crippen LogP contribution in [0.2, 0.25) is 0 Å². The van der Waals surface area contributed by atoms with Crippen LogP contribution < -0.4 is 0 Å². The number of rotatable bonds is 1. The average molecular weight is 163 g/mol. The first kappa shape index (κ1) is 6.29. The molecule has 1 unspecified atom stereocenters. The summed E-state index contributed by atoms with van der Waals surface area (Å²) >= 11 is 0. The van der Waals surface area contributed by atoms with E-state index in [0.717, 1.165) is 12.3 Å². The first-order valence-corrected chi connectivity index (χ1v) is 4.21. The highest BCUT2D eigenvalue weighted by molar-refractivity contribution is 5.86. The number of hydrogen-bond acceptors (Lipinski definition) is 1. The predicted octanol–water partition coefficient (Wildman–Crippen LogP) is 1.37. The van der Waals surface area contributed by atoms with Crippen LogP contribution in [0, 0.1) is 5.92 Å². The van der Waals surface area contributed by atoms with Crippen molar-refractivity contribution in [1.82, 2.24) is 4.98 Å². The van der Waals surface area contributed by atoms with Gasteiger partial charge in [-0.15, -0.1) is 0 Å². The molecular weight excluding hydrogens is 154 g/mol. The third kappa shape index (κ3) is 0.636. The Hall–Kier alpha value is -1.25. The van der Waals surface area contributed by atoms with Crippen molar-refractivity contribution < 1.29 is 9.90 Å². The minimum Gasteiger partial charge on any atom is -0.477 e. The van der Waals surface area contributed by atoms with Crippen LogP contribution in [0.5, 0.6) is 0 Å². The number of fused-ring (bicyclic) bond motifs is 3. The monoisotopic (exact) mass is 163 g/mol. The van der Waals surface area contributed by atoms with Crippen molar-refractivity contribution in [3.8, 4) is 0 Å². The number of nitrogens with one attached hydrogen (secondary N) is 1. The number of carboxylic acid groups (broad SMARTS) is 1. The van der Waals surface area contributed by atoms with Crippen LogP contribution in [-0.2, 0) is 6.42 Å². The largest absolute Gasteiger partial charge is 0.477 e. The summed E-state index contributed by atoms with van der Waals surface area (Å²) < 4.78 is 0. The van der Waals surface area contributed by atoms with E-state index in [1.807, 2.05) is 0 Å². The van der Waals surface area contributed by atoms with E-state index in [-0.39, 0.29) is 0 Å². The van der Waals surface area contributed by atoms with Crippen molar-refractivity contribution in [3.05, 3.63) is 23.0 Å². The van der Waals surface area contributed by atoms with Gasteiger partial charge in [-0.2, -0.15) is 0 Å². The smallest absolute Gasteiger partial charge is 0.352 e. The Balaban J connectivity index is 2.08. The molecule has 3 nitrogen and oxygen atoms in total. The molecule has 2 N–H and O–H groups in total. The minimum atomic E-state index is -0.846. The molecule has 0 radical (unpaired) electrons. The van der Waals surface area contributed by atoms with E-state index in [1.165, 1.54) is 17.7 Å². The molecule has 2 aliphatic carbocycles. The van der Waals surface area contributed by atoms with Gasteiger partial charge < -0.3 is 10.1 Å². The van der Waals surface area contributed by atoms with Gasteiger partial charge in [0, 0.05) is 11.6 Å². The van der Waals surface area contributed by atoms with E-state index in [4.69, 9.17) is 5.11 Å². The Bertz CT molecular complexity index is 367. The second kappa shape index (κ2) is 1.73. The van der Waals surface area contributed by atoms with Gasteiger partial charge in [0.1, 0.15) is 5.69 Å². The second-order valence-corrected chi connectivity index (χ2v) is 3.73. The third-order valence-electron chi connectivity index (χ3n) is 2.94. The molecule has 3 heteroatoms. The molecule has 1 heterocycles. The Morgan fingerprint density at radius 1 is 1.67 bits per heavy atom. The van der Waals surface area contributed by atoms with Crippen LogP contribution >= 0.6 is 0 Å². The number of carbonyl (C=O) groups is 1. The molecule has 1 fully saturated rings. The SMILES string of the molecule is O=C(O)c1cc2c([nH]1)[C@@H]1CC1C2. The molecule has 1 aromatic rings. The van der Waals surface area contributed by atoms with Crippen LogP contribution in [0.3, 0.4) is 0 Å². The van der Waals surface area contributed by atoms with Gasteiger partial charge in [0.2, 0.25) is 0 Å². The quantitative estimate of drug-likeness (QED) is 0.657. The Morgan fingerprint density at radius 2 is 2.50 bits per heavy atom. The molecule has 0 bridgehead atoms. The van der Waals surface area contributed by atoms with Gasteiger partial charge in [0.05, 0.1) is 0 Å². The van der Waals surface area contributed by atoms with Crippen molar-refractivity contribution >= 4 is 5.97 Å². The summed E-state index contributed by atoms with van der Waals surface area (Å²) in [4.78, 5) is 13.6. The number of H-pyrrole nitrogens is 1. The lowest BCUT2D eigenvalue weighted by atomic mass is 10.2. The number of hydrogen-bond donors (Lipinski definition) is 2. The van der Waals surface area contributed by atoms with Gasteiger partial charge in [-0.3, -0.25) is 0 Å². The minimum absolute atomic E-state index is 0.352. The molecule has 62 valence electrons. The molecule has 2 atom stereocenters. The highest BCUT2D eigenvalue weighted by Crippen LogP contribution is 2.55. The maximum absolute atomic E-state index is 10.6. The lowest BCUT2D eigenvalue weighted by Gasteiger charge is -1.89. The van der Waals surface area contributed by atoms with E-state index >= 15 is 0 Å². The summed E-state index contributed by atoms with van der Waals surface area (Å²) in [5, 5.41) is 8.71. The average Bonchev–Trinajstić information content (AvgIpc) is 2.54. The lowest BCUT2D eigenvalue weighted by Crippen LogP contribution is -1.96. The first-order valence-electron chi connectivity index (χ1n) is 4.21. The van der Waals surface area contributed by atoms with Crippen molar-refractivity contribution in [2.45, 2.75) is 18.8 Å². The summed E-state index contributed by atoms with van der Waals surface area (Å²) in [7, 11) is 0. The predicted molar refractivity (Wildman–Crippen MR) is 42.3 cm³/mol. The Labute approximate surface area is 69.4 Å².